The molecular formula is C16H18ClN3O3. The predicted octanol–water partition coefficient (Wildman–Crippen LogP) is 1.58. The molecular weight excluding hydrogens is 318 g/mol. The smallest absolute Gasteiger partial charge is 0.256 e. The fourth-order valence-electron chi connectivity index (χ4n) is 3.14. The Balaban J connectivity index is 1.99. The number of primary amides is 1. The van der Waals surface area contributed by atoms with Crippen LogP contribution in [-0.2, 0) is 4.79 Å². The number of nitrogens with one attached hydrogen (secondary N) is 1. The first-order valence-electron chi connectivity index (χ1n) is 7.41. The zero-order valence-corrected chi connectivity index (χ0v) is 13.5. The molecule has 4 N–H and O–H groups in total. The summed E-state index contributed by atoms with van der Waals surface area (Å²) in [6, 6.07) is 5.30. The van der Waals surface area contributed by atoms with Gasteiger partial charge >= 0.3 is 0 Å². The second-order valence-electron chi connectivity index (χ2n) is 6.04. The van der Waals surface area contributed by atoms with Gasteiger partial charge in [0.2, 0.25) is 0 Å². The highest BCUT2D eigenvalue weighted by atomic mass is 35.5. The molecule has 7 heteroatoms. The van der Waals surface area contributed by atoms with Crippen LogP contribution in [0.4, 0.5) is 0 Å². The SMILES string of the molecule is Cc1[nH]c2ccc(Cl)cc2c1C(=O)N1CCCC(O)(C(N)=O)C1. The molecule has 0 radical (unpaired) electrons. The normalized spacial score (nSPS) is 21.6. The van der Waals surface area contributed by atoms with Gasteiger partial charge in [-0.3, -0.25) is 9.59 Å². The summed E-state index contributed by atoms with van der Waals surface area (Å²) in [5, 5.41) is 11.6. The fourth-order valence-corrected chi connectivity index (χ4v) is 3.32. The number of benzene rings is 1. The molecule has 0 spiro atoms. The van der Waals surface area contributed by atoms with Gasteiger partial charge in [-0.05, 0) is 38.0 Å². The number of piperidine rings is 1. The van der Waals surface area contributed by atoms with E-state index >= 15 is 0 Å². The van der Waals surface area contributed by atoms with Crippen LogP contribution in [0, 0.1) is 6.92 Å². The van der Waals surface area contributed by atoms with E-state index in [4.69, 9.17) is 17.3 Å². The molecule has 1 aliphatic heterocycles. The van der Waals surface area contributed by atoms with Crippen molar-refractivity contribution in [3.8, 4) is 0 Å². The Kier molecular flexibility index (Phi) is 3.82. The van der Waals surface area contributed by atoms with E-state index < -0.39 is 11.5 Å². The van der Waals surface area contributed by atoms with E-state index in [-0.39, 0.29) is 18.9 Å². The van der Waals surface area contributed by atoms with Gasteiger partial charge < -0.3 is 20.7 Å². The van der Waals surface area contributed by atoms with Crippen molar-refractivity contribution < 1.29 is 14.7 Å². The summed E-state index contributed by atoms with van der Waals surface area (Å²) >= 11 is 6.04. The van der Waals surface area contributed by atoms with E-state index in [0.717, 1.165) is 16.6 Å². The molecule has 6 nitrogen and oxygen atoms in total. The minimum atomic E-state index is -1.66. The Morgan fingerprint density at radius 2 is 2.17 bits per heavy atom. The van der Waals surface area contributed by atoms with Crippen molar-refractivity contribution >= 4 is 34.3 Å². The van der Waals surface area contributed by atoms with Gasteiger partial charge in [0.25, 0.3) is 11.8 Å². The quantitative estimate of drug-likeness (QED) is 0.777. The topological polar surface area (TPSA) is 99.4 Å². The van der Waals surface area contributed by atoms with Crippen LogP contribution in [0.3, 0.4) is 0 Å². The molecule has 2 amide bonds. The Labute approximate surface area is 138 Å². The molecule has 122 valence electrons. The number of halogens is 1. The average Bonchev–Trinajstić information content (AvgIpc) is 2.81. The molecule has 23 heavy (non-hydrogen) atoms. The summed E-state index contributed by atoms with van der Waals surface area (Å²) in [7, 11) is 0. The molecule has 1 aromatic carbocycles. The number of nitrogens with two attached hydrogens (primary N) is 1. The number of β-amino-alcohol motifs (C(OH)–C–C–N with tert-alkyl or cyclic N) is 1. The lowest BCUT2D eigenvalue weighted by molar-refractivity contribution is -0.140. The average molecular weight is 336 g/mol. The summed E-state index contributed by atoms with van der Waals surface area (Å²) in [5.74, 6) is -1.04. The monoisotopic (exact) mass is 335 g/mol. The number of aliphatic hydroxyl groups is 1. The molecule has 1 unspecified atom stereocenters. The second kappa shape index (κ2) is 5.54. The number of hydrogen-bond donors (Lipinski definition) is 3. The molecule has 0 bridgehead atoms. The molecule has 1 aromatic heterocycles. The Morgan fingerprint density at radius 3 is 2.87 bits per heavy atom. The van der Waals surface area contributed by atoms with Crippen LogP contribution in [0.1, 0.15) is 28.9 Å². The van der Waals surface area contributed by atoms with Crippen LogP contribution in [0.15, 0.2) is 18.2 Å². The third-order valence-electron chi connectivity index (χ3n) is 4.38. The van der Waals surface area contributed by atoms with Crippen molar-refractivity contribution in [3.63, 3.8) is 0 Å². The maximum Gasteiger partial charge on any atom is 0.256 e. The number of nitrogens with zero attached hydrogens (tertiary/aromatic N) is 1. The second-order valence-corrected chi connectivity index (χ2v) is 6.48. The summed E-state index contributed by atoms with van der Waals surface area (Å²) in [6.07, 6.45) is 0.790. The van der Waals surface area contributed by atoms with Gasteiger partial charge in [-0.1, -0.05) is 11.6 Å². The Hall–Kier alpha value is -2.05. The molecule has 0 aliphatic carbocycles. The van der Waals surface area contributed by atoms with Crippen molar-refractivity contribution in [2.75, 3.05) is 13.1 Å². The van der Waals surface area contributed by atoms with Gasteiger partial charge in [0.1, 0.15) is 0 Å². The first kappa shape index (κ1) is 15.8. The number of aryl methyl sites for hydroxylation is 1. The van der Waals surface area contributed by atoms with Crippen molar-refractivity contribution in [3.05, 3.63) is 34.5 Å². The minimum Gasteiger partial charge on any atom is -0.378 e. The maximum absolute atomic E-state index is 12.9. The fraction of sp³-hybridized carbons (Fsp3) is 0.375. The number of carbonyl (C=O) groups excluding carboxylic acids is 2. The summed E-state index contributed by atoms with van der Waals surface area (Å²) in [5.41, 5.74) is 5.66. The van der Waals surface area contributed by atoms with Gasteiger partial charge in [0.05, 0.1) is 12.1 Å². The van der Waals surface area contributed by atoms with Crippen molar-refractivity contribution in [2.24, 2.45) is 5.73 Å². The highest BCUT2D eigenvalue weighted by Crippen LogP contribution is 2.29. The standard InChI is InChI=1S/C16H18ClN3O3/c1-9-13(11-7-10(17)3-4-12(11)19-9)14(21)20-6-2-5-16(23,8-20)15(18)22/h3-4,7,19,23H,2,5-6,8H2,1H3,(H2,18,22). The van der Waals surface area contributed by atoms with Crippen LogP contribution in [0.25, 0.3) is 10.9 Å². The minimum absolute atomic E-state index is 0.0894. The van der Waals surface area contributed by atoms with Crippen LogP contribution in [0.2, 0.25) is 5.02 Å². The molecule has 2 heterocycles. The number of H-pyrrole nitrogens is 1. The van der Waals surface area contributed by atoms with Crippen LogP contribution in [-0.4, -0.2) is 45.5 Å². The number of aromatic amines is 1. The van der Waals surface area contributed by atoms with Crippen LogP contribution < -0.4 is 5.73 Å². The third kappa shape index (κ3) is 2.68. The maximum atomic E-state index is 12.9. The lowest BCUT2D eigenvalue weighted by Gasteiger charge is -2.37. The van der Waals surface area contributed by atoms with Crippen molar-refractivity contribution in [1.29, 1.82) is 0 Å². The van der Waals surface area contributed by atoms with Gasteiger partial charge in [-0.15, -0.1) is 0 Å². The molecule has 1 aliphatic rings. The zero-order valence-electron chi connectivity index (χ0n) is 12.7. The zero-order chi connectivity index (χ0) is 16.8. The molecule has 1 fully saturated rings. The first-order chi connectivity index (χ1) is 10.8. The number of amides is 2. The molecule has 0 saturated carbocycles. The highest BCUT2D eigenvalue weighted by molar-refractivity contribution is 6.31. The van der Waals surface area contributed by atoms with Crippen LogP contribution in [0.5, 0.6) is 0 Å². The third-order valence-corrected chi connectivity index (χ3v) is 4.61. The Morgan fingerprint density at radius 1 is 1.43 bits per heavy atom. The molecule has 3 rings (SSSR count). The molecule has 1 atom stereocenters. The summed E-state index contributed by atoms with van der Waals surface area (Å²) < 4.78 is 0. The van der Waals surface area contributed by atoms with Crippen LogP contribution >= 0.6 is 11.6 Å². The van der Waals surface area contributed by atoms with Gasteiger partial charge in [-0.25, -0.2) is 0 Å². The van der Waals surface area contributed by atoms with E-state index in [1.54, 1.807) is 12.1 Å². The number of carbonyl (C=O) groups is 2. The lowest BCUT2D eigenvalue weighted by Crippen LogP contribution is -2.57. The highest BCUT2D eigenvalue weighted by Gasteiger charge is 2.40. The summed E-state index contributed by atoms with van der Waals surface area (Å²) in [4.78, 5) is 29.0. The number of fused-ring (bicyclic) bond motifs is 1. The van der Waals surface area contributed by atoms with Crippen molar-refractivity contribution in [2.45, 2.75) is 25.4 Å². The predicted molar refractivity (Wildman–Crippen MR) is 87.3 cm³/mol. The van der Waals surface area contributed by atoms with E-state index in [9.17, 15) is 14.7 Å². The largest absolute Gasteiger partial charge is 0.378 e. The Bertz CT molecular complexity index is 801. The van der Waals surface area contributed by atoms with Gasteiger partial charge in [0.15, 0.2) is 5.60 Å². The number of aromatic nitrogens is 1. The van der Waals surface area contributed by atoms with Gasteiger partial charge in [-0.2, -0.15) is 0 Å². The number of likely N-dealkylation sites (tertiary alicyclic amines) is 1. The summed E-state index contributed by atoms with van der Waals surface area (Å²) in [6.45, 7) is 2.19. The first-order valence-corrected chi connectivity index (χ1v) is 7.79. The lowest BCUT2D eigenvalue weighted by atomic mass is 9.91. The number of hydrogen-bond acceptors (Lipinski definition) is 3. The van der Waals surface area contributed by atoms with E-state index in [2.05, 4.69) is 4.98 Å². The number of rotatable bonds is 2. The molecule has 1 saturated heterocycles. The van der Waals surface area contributed by atoms with Crippen molar-refractivity contribution in [1.82, 2.24) is 9.88 Å². The van der Waals surface area contributed by atoms with E-state index in [1.165, 1.54) is 4.90 Å². The molecule has 2 aromatic rings. The van der Waals surface area contributed by atoms with E-state index in [1.807, 2.05) is 13.0 Å². The van der Waals surface area contributed by atoms with Gasteiger partial charge in [0, 0.05) is 28.2 Å². The van der Waals surface area contributed by atoms with E-state index in [0.29, 0.717) is 23.6 Å².